The molecule has 0 aromatic heterocycles. The first-order valence-corrected chi connectivity index (χ1v) is 14.6. The van der Waals surface area contributed by atoms with E-state index < -0.39 is 6.17 Å². The Morgan fingerprint density at radius 1 is 0.707 bits per heavy atom. The third kappa shape index (κ3) is 3.60. The van der Waals surface area contributed by atoms with Crippen LogP contribution < -0.4 is 4.90 Å². The molecule has 41 heavy (non-hydrogen) atoms. The second kappa shape index (κ2) is 9.04. The normalized spacial score (nSPS) is 22.9. The molecule has 200 valence electrons. The highest BCUT2D eigenvalue weighted by atomic mass is 19.1. The molecule has 0 saturated carbocycles. The van der Waals surface area contributed by atoms with Gasteiger partial charge in [-0.25, -0.2) is 4.39 Å². The SMILES string of the molecule is CC1(C)C2=CCN(c3ccccc3)c3cc4c(cc3C(F)C=C2c2ccccc21)C1C=CC=CC1c1ccccc1-4. The van der Waals surface area contributed by atoms with Gasteiger partial charge in [0.25, 0.3) is 0 Å². The number of hydrogen-bond acceptors (Lipinski definition) is 1. The van der Waals surface area contributed by atoms with Gasteiger partial charge in [-0.1, -0.05) is 111 Å². The van der Waals surface area contributed by atoms with Crippen LogP contribution in [0.2, 0.25) is 0 Å². The molecule has 8 rings (SSSR count). The van der Waals surface area contributed by atoms with Gasteiger partial charge in [-0.2, -0.15) is 0 Å². The predicted octanol–water partition coefficient (Wildman–Crippen LogP) is 10.1. The topological polar surface area (TPSA) is 3.24 Å². The predicted molar refractivity (Wildman–Crippen MR) is 168 cm³/mol. The summed E-state index contributed by atoms with van der Waals surface area (Å²) in [6.07, 6.45) is 11.8. The molecule has 0 amide bonds. The summed E-state index contributed by atoms with van der Waals surface area (Å²) in [6, 6.07) is 32.1. The van der Waals surface area contributed by atoms with Crippen LogP contribution in [0.1, 0.15) is 59.7 Å². The summed E-state index contributed by atoms with van der Waals surface area (Å²) in [7, 11) is 0. The number of benzene rings is 4. The number of anilines is 2. The quantitative estimate of drug-likeness (QED) is 0.235. The standard InChI is InChI=1S/C39H32FN/c1-39(2)35-19-11-10-18-30(35)33-23-37(40)34-22-31-28-16-8-6-14-26(28)27-15-7-9-17-29(27)32(31)24-38(34)41(21-20-36(33)39)25-12-4-3-5-13-25/h3-20,22-24,26,28,37H,21H2,1-2H3. The van der Waals surface area contributed by atoms with Crippen molar-refractivity contribution in [3.8, 4) is 11.1 Å². The van der Waals surface area contributed by atoms with E-state index in [4.69, 9.17) is 0 Å². The maximum absolute atomic E-state index is 17.0. The van der Waals surface area contributed by atoms with Crippen LogP contribution in [0, 0.1) is 0 Å². The molecule has 0 N–H and O–H groups in total. The van der Waals surface area contributed by atoms with E-state index in [0.717, 1.165) is 28.1 Å². The Balaban J connectivity index is 1.41. The van der Waals surface area contributed by atoms with Gasteiger partial charge in [0, 0.05) is 40.7 Å². The van der Waals surface area contributed by atoms with E-state index >= 15 is 4.39 Å². The maximum Gasteiger partial charge on any atom is 0.146 e. The number of fused-ring (bicyclic) bond motifs is 10. The van der Waals surface area contributed by atoms with Gasteiger partial charge in [-0.05, 0) is 74.9 Å². The van der Waals surface area contributed by atoms with Crippen molar-refractivity contribution in [1.82, 2.24) is 0 Å². The maximum atomic E-state index is 17.0. The summed E-state index contributed by atoms with van der Waals surface area (Å²) in [5, 5.41) is 0. The summed E-state index contributed by atoms with van der Waals surface area (Å²) in [5.41, 5.74) is 12.2. The molecular formula is C39H32FN. The van der Waals surface area contributed by atoms with Gasteiger partial charge in [0.05, 0.1) is 0 Å². The number of halogens is 1. The van der Waals surface area contributed by atoms with Crippen LogP contribution in [0.4, 0.5) is 15.8 Å². The molecule has 0 spiro atoms. The van der Waals surface area contributed by atoms with Crippen molar-refractivity contribution in [3.05, 3.63) is 161 Å². The van der Waals surface area contributed by atoms with Crippen molar-refractivity contribution >= 4 is 16.9 Å². The molecule has 1 aliphatic heterocycles. The van der Waals surface area contributed by atoms with E-state index in [1.54, 1.807) is 0 Å². The molecule has 2 heteroatoms. The lowest BCUT2D eigenvalue weighted by molar-refractivity contribution is 0.415. The molecule has 3 unspecified atom stereocenters. The van der Waals surface area contributed by atoms with Crippen LogP contribution in [-0.2, 0) is 5.41 Å². The van der Waals surface area contributed by atoms with Gasteiger partial charge in [-0.15, -0.1) is 0 Å². The van der Waals surface area contributed by atoms with Crippen molar-refractivity contribution in [2.24, 2.45) is 0 Å². The number of allylic oxidation sites excluding steroid dienone is 7. The van der Waals surface area contributed by atoms with E-state index in [0.29, 0.717) is 6.54 Å². The fourth-order valence-corrected chi connectivity index (χ4v) is 7.62. The Kier molecular flexibility index (Phi) is 5.37. The summed E-state index contributed by atoms with van der Waals surface area (Å²) in [4.78, 5) is 2.30. The van der Waals surface area contributed by atoms with E-state index in [1.165, 1.54) is 33.4 Å². The van der Waals surface area contributed by atoms with Crippen molar-refractivity contribution in [2.75, 3.05) is 11.4 Å². The van der Waals surface area contributed by atoms with Crippen molar-refractivity contribution in [1.29, 1.82) is 0 Å². The summed E-state index contributed by atoms with van der Waals surface area (Å²) >= 11 is 0. The molecular weight excluding hydrogens is 501 g/mol. The Bertz CT molecular complexity index is 1820. The minimum atomic E-state index is -1.25. The molecule has 1 heterocycles. The van der Waals surface area contributed by atoms with Gasteiger partial charge < -0.3 is 4.90 Å². The van der Waals surface area contributed by atoms with E-state index in [1.807, 2.05) is 12.1 Å². The second-order valence-corrected chi connectivity index (χ2v) is 12.1. The van der Waals surface area contributed by atoms with Crippen LogP contribution in [-0.4, -0.2) is 6.54 Å². The molecule has 4 aromatic rings. The Labute approximate surface area is 241 Å². The largest absolute Gasteiger partial charge is 0.337 e. The highest BCUT2D eigenvalue weighted by Crippen LogP contribution is 2.54. The van der Waals surface area contributed by atoms with Gasteiger partial charge in [0.1, 0.15) is 6.17 Å². The van der Waals surface area contributed by atoms with Crippen molar-refractivity contribution in [2.45, 2.75) is 37.3 Å². The van der Waals surface area contributed by atoms with E-state index in [2.05, 4.69) is 134 Å². The Morgan fingerprint density at radius 3 is 2.20 bits per heavy atom. The van der Waals surface area contributed by atoms with E-state index in [9.17, 15) is 0 Å². The molecule has 0 fully saturated rings. The van der Waals surface area contributed by atoms with Gasteiger partial charge in [0.2, 0.25) is 0 Å². The van der Waals surface area contributed by atoms with Gasteiger partial charge in [0.15, 0.2) is 0 Å². The summed E-state index contributed by atoms with van der Waals surface area (Å²) in [5.74, 6) is 0.447. The average Bonchev–Trinajstić information content (AvgIpc) is 3.25. The number of hydrogen-bond donors (Lipinski definition) is 0. The number of alkyl halides is 1. The minimum Gasteiger partial charge on any atom is -0.337 e. The molecule has 3 atom stereocenters. The molecule has 4 aliphatic rings. The summed E-state index contributed by atoms with van der Waals surface area (Å²) < 4.78 is 17.0. The van der Waals surface area contributed by atoms with Gasteiger partial charge >= 0.3 is 0 Å². The zero-order valence-electron chi connectivity index (χ0n) is 23.4. The average molecular weight is 534 g/mol. The van der Waals surface area contributed by atoms with Gasteiger partial charge in [-0.3, -0.25) is 0 Å². The molecule has 0 radical (unpaired) electrons. The third-order valence-corrected chi connectivity index (χ3v) is 9.60. The molecule has 0 saturated heterocycles. The number of para-hydroxylation sites is 1. The lowest BCUT2D eigenvalue weighted by atomic mass is 9.69. The minimum absolute atomic E-state index is 0.188. The first-order valence-electron chi connectivity index (χ1n) is 14.6. The number of nitrogens with zero attached hydrogens (tertiary/aromatic N) is 1. The molecule has 3 aliphatic carbocycles. The zero-order valence-corrected chi connectivity index (χ0v) is 23.4. The fraction of sp³-hybridized carbons (Fsp3) is 0.179. The second-order valence-electron chi connectivity index (χ2n) is 12.1. The fourth-order valence-electron chi connectivity index (χ4n) is 7.62. The smallest absolute Gasteiger partial charge is 0.146 e. The summed E-state index contributed by atoms with van der Waals surface area (Å²) in [6.45, 7) is 5.19. The highest BCUT2D eigenvalue weighted by Gasteiger charge is 2.40. The van der Waals surface area contributed by atoms with Crippen LogP contribution in [0.5, 0.6) is 0 Å². The first kappa shape index (κ1) is 24.4. The van der Waals surface area contributed by atoms with Crippen molar-refractivity contribution in [3.63, 3.8) is 0 Å². The van der Waals surface area contributed by atoms with Crippen molar-refractivity contribution < 1.29 is 4.39 Å². The van der Waals surface area contributed by atoms with Crippen LogP contribution in [0.15, 0.2) is 133 Å². The molecule has 4 aromatic carbocycles. The zero-order chi connectivity index (χ0) is 27.7. The molecule has 0 bridgehead atoms. The molecule has 1 nitrogen and oxygen atoms in total. The van der Waals surface area contributed by atoms with Crippen LogP contribution in [0.3, 0.4) is 0 Å². The Morgan fingerprint density at radius 2 is 1.39 bits per heavy atom. The van der Waals surface area contributed by atoms with Crippen LogP contribution >= 0.6 is 0 Å². The lowest BCUT2D eigenvalue weighted by Gasteiger charge is -2.36. The van der Waals surface area contributed by atoms with Crippen LogP contribution in [0.25, 0.3) is 16.7 Å². The Hall–Kier alpha value is -4.43. The lowest BCUT2D eigenvalue weighted by Crippen LogP contribution is -2.22. The third-order valence-electron chi connectivity index (χ3n) is 9.60. The highest BCUT2D eigenvalue weighted by molar-refractivity contribution is 5.91. The first-order chi connectivity index (χ1) is 20.0. The number of rotatable bonds is 1. The monoisotopic (exact) mass is 533 g/mol. The van der Waals surface area contributed by atoms with E-state index in [-0.39, 0.29) is 17.3 Å².